The average Bonchev–Trinajstić information content (AvgIpc) is 3.13. The number of hydrogen-bond acceptors (Lipinski definition) is 4. The molecular weight excluding hydrogens is 342 g/mol. The number of benzene rings is 2. The topological polar surface area (TPSA) is 79.9 Å². The van der Waals surface area contributed by atoms with Gasteiger partial charge in [-0.15, -0.1) is 0 Å². The summed E-state index contributed by atoms with van der Waals surface area (Å²) in [4.78, 5) is 16.3. The molecule has 26 heavy (non-hydrogen) atoms. The number of ether oxygens (including phenoxy) is 1. The smallest absolute Gasteiger partial charge is 0.251 e. The first-order chi connectivity index (χ1) is 12.6. The zero-order chi connectivity index (χ0) is 18.5. The highest BCUT2D eigenvalue weighted by Gasteiger charge is 2.10. The number of carbonyl (C=O) groups is 1. The number of amides is 1. The van der Waals surface area contributed by atoms with Gasteiger partial charge in [0.2, 0.25) is 0 Å². The molecule has 1 aromatic heterocycles. The summed E-state index contributed by atoms with van der Waals surface area (Å²) in [5, 5.41) is 9.48. The van der Waals surface area contributed by atoms with E-state index in [0.29, 0.717) is 35.7 Å². The van der Waals surface area contributed by atoms with Gasteiger partial charge in [0.25, 0.3) is 5.91 Å². The Bertz CT molecular complexity index is 927. The second kappa shape index (κ2) is 7.73. The van der Waals surface area contributed by atoms with Crippen molar-refractivity contribution in [3.05, 3.63) is 65.5 Å². The number of rotatable bonds is 6. The first-order valence-electron chi connectivity index (χ1n) is 7.86. The molecule has 0 saturated carbocycles. The van der Waals surface area contributed by atoms with Crippen molar-refractivity contribution in [2.45, 2.75) is 6.42 Å². The van der Waals surface area contributed by atoms with E-state index in [2.05, 4.69) is 20.5 Å². The van der Waals surface area contributed by atoms with Crippen molar-refractivity contribution in [1.29, 1.82) is 0 Å². The first-order valence-corrected chi connectivity index (χ1v) is 7.86. The maximum Gasteiger partial charge on any atom is 0.251 e. The van der Waals surface area contributed by atoms with Gasteiger partial charge in [0.05, 0.1) is 7.11 Å². The Kier molecular flexibility index (Phi) is 5.21. The molecule has 6 nitrogen and oxygen atoms in total. The van der Waals surface area contributed by atoms with Crippen LogP contribution < -0.4 is 10.1 Å². The number of aromatic amines is 1. The molecule has 8 heteroatoms. The van der Waals surface area contributed by atoms with Crippen LogP contribution in [-0.4, -0.2) is 34.7 Å². The van der Waals surface area contributed by atoms with Gasteiger partial charge in [0.1, 0.15) is 11.6 Å². The van der Waals surface area contributed by atoms with Crippen molar-refractivity contribution in [1.82, 2.24) is 20.5 Å². The van der Waals surface area contributed by atoms with Crippen LogP contribution in [0, 0.1) is 11.6 Å². The normalized spacial score (nSPS) is 10.6. The third kappa shape index (κ3) is 4.02. The molecule has 0 saturated heterocycles. The maximum atomic E-state index is 13.3. The quantitative estimate of drug-likeness (QED) is 0.710. The molecule has 0 aliphatic heterocycles. The highest BCUT2D eigenvalue weighted by Crippen LogP contribution is 2.18. The van der Waals surface area contributed by atoms with Gasteiger partial charge in [0.15, 0.2) is 17.5 Å². The molecule has 0 atom stereocenters. The number of H-pyrrole nitrogens is 1. The summed E-state index contributed by atoms with van der Waals surface area (Å²) in [5.74, 6) is -0.730. The summed E-state index contributed by atoms with van der Waals surface area (Å²) < 4.78 is 31.3. The van der Waals surface area contributed by atoms with E-state index in [1.165, 1.54) is 13.2 Å². The number of halogens is 2. The molecule has 0 fully saturated rings. The maximum absolute atomic E-state index is 13.3. The van der Waals surface area contributed by atoms with Crippen molar-refractivity contribution >= 4 is 5.91 Å². The minimum Gasteiger partial charge on any atom is -0.497 e. The van der Waals surface area contributed by atoms with Crippen LogP contribution in [0.5, 0.6) is 5.75 Å². The fraction of sp³-hybridized carbons (Fsp3) is 0.167. The fourth-order valence-corrected chi connectivity index (χ4v) is 2.33. The van der Waals surface area contributed by atoms with E-state index < -0.39 is 11.6 Å². The summed E-state index contributed by atoms with van der Waals surface area (Å²) in [7, 11) is 1.53. The lowest BCUT2D eigenvalue weighted by atomic mass is 10.2. The van der Waals surface area contributed by atoms with Gasteiger partial charge < -0.3 is 10.1 Å². The first kappa shape index (κ1) is 17.5. The van der Waals surface area contributed by atoms with E-state index in [-0.39, 0.29) is 11.7 Å². The minimum absolute atomic E-state index is 0.232. The Hall–Kier alpha value is -3.29. The van der Waals surface area contributed by atoms with E-state index in [0.717, 1.165) is 12.1 Å². The molecule has 0 spiro atoms. The van der Waals surface area contributed by atoms with Crippen molar-refractivity contribution in [3.63, 3.8) is 0 Å². The molecule has 0 radical (unpaired) electrons. The van der Waals surface area contributed by atoms with Gasteiger partial charge in [-0.25, -0.2) is 13.8 Å². The molecule has 3 aromatic rings. The number of nitrogens with one attached hydrogen (secondary N) is 2. The summed E-state index contributed by atoms with van der Waals surface area (Å²) in [5.41, 5.74) is 0.858. The van der Waals surface area contributed by atoms with E-state index in [1.807, 2.05) is 0 Å². The Morgan fingerprint density at radius 3 is 2.81 bits per heavy atom. The summed E-state index contributed by atoms with van der Waals surface area (Å²) in [6, 6.07) is 10.3. The Morgan fingerprint density at radius 1 is 1.19 bits per heavy atom. The molecule has 134 valence electrons. The third-order valence-electron chi connectivity index (χ3n) is 3.69. The van der Waals surface area contributed by atoms with Gasteiger partial charge in [-0.2, -0.15) is 5.10 Å². The van der Waals surface area contributed by atoms with Crippen LogP contribution >= 0.6 is 0 Å². The molecule has 0 aliphatic rings. The molecule has 0 aliphatic carbocycles. The second-order valence-corrected chi connectivity index (χ2v) is 5.47. The number of aromatic nitrogens is 3. The number of hydrogen-bond donors (Lipinski definition) is 2. The molecule has 0 unspecified atom stereocenters. The zero-order valence-corrected chi connectivity index (χ0v) is 13.9. The number of methoxy groups -OCH3 is 1. The second-order valence-electron chi connectivity index (χ2n) is 5.47. The highest BCUT2D eigenvalue weighted by atomic mass is 19.2. The van der Waals surface area contributed by atoms with E-state index in [4.69, 9.17) is 4.74 Å². The van der Waals surface area contributed by atoms with Crippen LogP contribution in [-0.2, 0) is 6.42 Å². The minimum atomic E-state index is -0.959. The van der Waals surface area contributed by atoms with Crippen LogP contribution in [0.15, 0.2) is 42.5 Å². The van der Waals surface area contributed by atoms with Crippen molar-refractivity contribution in [3.8, 4) is 17.1 Å². The molecule has 2 aromatic carbocycles. The lowest BCUT2D eigenvalue weighted by Gasteiger charge is -2.05. The van der Waals surface area contributed by atoms with Crippen LogP contribution in [0.4, 0.5) is 8.78 Å². The van der Waals surface area contributed by atoms with Gasteiger partial charge >= 0.3 is 0 Å². The predicted molar refractivity (Wildman–Crippen MR) is 90.8 cm³/mol. The average molecular weight is 358 g/mol. The number of carbonyl (C=O) groups excluding carboxylic acids is 1. The van der Waals surface area contributed by atoms with Gasteiger partial charge in [-0.05, 0) is 36.4 Å². The van der Waals surface area contributed by atoms with Crippen LogP contribution in [0.1, 0.15) is 16.2 Å². The van der Waals surface area contributed by atoms with Gasteiger partial charge in [-0.1, -0.05) is 6.07 Å². The molecule has 0 bridgehead atoms. The Balaban J connectivity index is 1.58. The third-order valence-corrected chi connectivity index (χ3v) is 3.69. The summed E-state index contributed by atoms with van der Waals surface area (Å²) >= 11 is 0. The van der Waals surface area contributed by atoms with Crippen LogP contribution in [0.3, 0.4) is 0 Å². The van der Waals surface area contributed by atoms with Crippen molar-refractivity contribution in [2.24, 2.45) is 0 Å². The lowest BCUT2D eigenvalue weighted by Crippen LogP contribution is -2.25. The Morgan fingerprint density at radius 2 is 2.04 bits per heavy atom. The lowest BCUT2D eigenvalue weighted by molar-refractivity contribution is 0.0953. The standard InChI is InChI=1S/C18H16F2N4O2/c1-26-13-4-2-3-12(9-13)18(25)21-8-7-16-22-17(24-23-16)11-5-6-14(19)15(20)10-11/h2-6,9-10H,7-8H2,1H3,(H,21,25)(H,22,23,24). The molecule has 1 amide bonds. The van der Waals surface area contributed by atoms with Gasteiger partial charge in [-0.3, -0.25) is 9.89 Å². The monoisotopic (exact) mass is 358 g/mol. The summed E-state index contributed by atoms with van der Waals surface area (Å²) in [6.07, 6.45) is 0.409. The molecule has 3 rings (SSSR count). The number of nitrogens with zero attached hydrogens (tertiary/aromatic N) is 2. The summed E-state index contributed by atoms with van der Waals surface area (Å²) in [6.45, 7) is 0.336. The van der Waals surface area contributed by atoms with E-state index in [9.17, 15) is 13.6 Å². The van der Waals surface area contributed by atoms with Crippen molar-refractivity contribution < 1.29 is 18.3 Å². The zero-order valence-electron chi connectivity index (χ0n) is 13.9. The molecular formula is C18H16F2N4O2. The van der Waals surface area contributed by atoms with Crippen molar-refractivity contribution in [2.75, 3.05) is 13.7 Å². The molecule has 1 heterocycles. The van der Waals surface area contributed by atoms with E-state index in [1.54, 1.807) is 24.3 Å². The van der Waals surface area contributed by atoms with Gasteiger partial charge in [0, 0.05) is 24.1 Å². The highest BCUT2D eigenvalue weighted by molar-refractivity contribution is 5.94. The Labute approximate surface area is 148 Å². The SMILES string of the molecule is COc1cccc(C(=O)NCCc2nc(-c3ccc(F)c(F)c3)n[nH]2)c1. The molecule has 2 N–H and O–H groups in total. The fourth-order valence-electron chi connectivity index (χ4n) is 2.33. The van der Waals surface area contributed by atoms with Crippen LogP contribution in [0.25, 0.3) is 11.4 Å². The van der Waals surface area contributed by atoms with Crippen LogP contribution in [0.2, 0.25) is 0 Å². The largest absolute Gasteiger partial charge is 0.497 e. The van der Waals surface area contributed by atoms with E-state index >= 15 is 0 Å². The predicted octanol–water partition coefficient (Wildman–Crippen LogP) is 2.73.